The third kappa shape index (κ3) is 16.9. The summed E-state index contributed by atoms with van der Waals surface area (Å²) in [7, 11) is -3.63. The molecule has 7 nitrogen and oxygen atoms in total. The van der Waals surface area contributed by atoms with E-state index in [2.05, 4.69) is 20.8 Å². The number of hydrogen-bond donors (Lipinski definition) is 0. The van der Waals surface area contributed by atoms with E-state index in [-0.39, 0.29) is 0 Å². The Bertz CT molecular complexity index is 445. The van der Waals surface area contributed by atoms with Crippen LogP contribution in [0.2, 0.25) is 0 Å². The van der Waals surface area contributed by atoms with Crippen LogP contribution in [-0.4, -0.2) is 45.7 Å². The van der Waals surface area contributed by atoms with Gasteiger partial charge >= 0.3 is 212 Å². The van der Waals surface area contributed by atoms with Crippen LogP contribution < -0.4 is 0 Å². The van der Waals surface area contributed by atoms with Crippen LogP contribution in [0.25, 0.3) is 0 Å². The van der Waals surface area contributed by atoms with Crippen molar-refractivity contribution in [2.45, 2.75) is 138 Å². The Kier molecular flexibility index (Phi) is 15.3. The van der Waals surface area contributed by atoms with E-state index >= 15 is 0 Å². The van der Waals surface area contributed by atoms with E-state index in [4.69, 9.17) is 26.2 Å². The van der Waals surface area contributed by atoms with Gasteiger partial charge in [0.25, 0.3) is 0 Å². The SMILES string of the molecule is CCCCO[Si](OCCCC)(OCCCC)[O][Ti]([O]C(C)(C)C)([O]C(C)(C)C)[O]C(C)(C)C. The molecular weight excluding hydrogens is 476 g/mol. The fraction of sp³-hybridized carbons (Fsp3) is 1.00. The Morgan fingerprint density at radius 2 is 0.788 bits per heavy atom. The van der Waals surface area contributed by atoms with Crippen molar-refractivity contribution >= 4 is 9.05 Å². The van der Waals surface area contributed by atoms with Crippen molar-refractivity contribution in [3.05, 3.63) is 0 Å². The number of unbranched alkanes of at least 4 members (excludes halogenated alkanes) is 3. The summed E-state index contributed by atoms with van der Waals surface area (Å²) >= 11 is -4.51. The summed E-state index contributed by atoms with van der Waals surface area (Å²) in [5, 5.41) is 0. The fourth-order valence-corrected chi connectivity index (χ4v) is 11.2. The van der Waals surface area contributed by atoms with Crippen LogP contribution in [-0.2, 0) is 44.4 Å². The average Bonchev–Trinajstić information content (AvgIpc) is 2.57. The molecule has 0 aromatic heterocycles. The van der Waals surface area contributed by atoms with E-state index in [1.54, 1.807) is 0 Å². The summed E-state index contributed by atoms with van der Waals surface area (Å²) in [6, 6.07) is 0. The molecule has 0 fully saturated rings. The van der Waals surface area contributed by atoms with Gasteiger partial charge in [-0.05, 0) is 0 Å². The third-order valence-corrected chi connectivity index (χ3v) is 12.4. The van der Waals surface area contributed by atoms with Gasteiger partial charge in [-0.15, -0.1) is 0 Å². The standard InChI is InChI=1S/C12H27O4Si.3C4H9O.Ti/c1-4-7-10-14-17(13,15-11-8-5-2)16-12-9-6-3;3*1-4(2,3)5;/h4-12H2,1-3H3;3*1-3H3;/q4*-1;+4. The Morgan fingerprint density at radius 3 is 1.00 bits per heavy atom. The normalized spacial score (nSPS) is 14.2. The topological polar surface area (TPSA) is 64.6 Å². The van der Waals surface area contributed by atoms with Crippen LogP contribution in [0.4, 0.5) is 0 Å². The first-order valence-corrected chi connectivity index (χ1v) is 16.9. The Morgan fingerprint density at radius 1 is 0.515 bits per heavy atom. The second kappa shape index (κ2) is 15.0. The third-order valence-electron chi connectivity index (χ3n) is 3.87. The predicted molar refractivity (Wildman–Crippen MR) is 132 cm³/mol. The quantitative estimate of drug-likeness (QED) is 0.146. The monoisotopic (exact) mass is 530 g/mol. The van der Waals surface area contributed by atoms with Gasteiger partial charge in [-0.2, -0.15) is 0 Å². The fourth-order valence-electron chi connectivity index (χ4n) is 2.64. The first-order valence-electron chi connectivity index (χ1n) is 12.7. The van der Waals surface area contributed by atoms with Crippen molar-refractivity contribution in [3.8, 4) is 0 Å². The Balaban J connectivity index is 6.45. The molecule has 0 unspecified atom stereocenters. The molecule has 0 saturated carbocycles. The molecule has 0 saturated heterocycles. The molecule has 200 valence electrons. The minimum atomic E-state index is -4.51. The molecule has 0 aromatic rings. The van der Waals surface area contributed by atoms with E-state index < -0.39 is 44.0 Å². The van der Waals surface area contributed by atoms with Crippen LogP contribution in [0.3, 0.4) is 0 Å². The van der Waals surface area contributed by atoms with Gasteiger partial charge in [0.15, 0.2) is 0 Å². The molecule has 0 rings (SSSR count). The maximum atomic E-state index is 6.79. The first-order chi connectivity index (χ1) is 15.0. The summed E-state index contributed by atoms with van der Waals surface area (Å²) < 4.78 is 45.5. The van der Waals surface area contributed by atoms with Crippen molar-refractivity contribution in [2.75, 3.05) is 19.8 Å². The molecule has 0 amide bonds. The van der Waals surface area contributed by atoms with Crippen LogP contribution in [0.1, 0.15) is 122 Å². The van der Waals surface area contributed by atoms with Crippen LogP contribution in [0, 0.1) is 0 Å². The molecule has 33 heavy (non-hydrogen) atoms. The zero-order valence-corrected chi connectivity index (χ0v) is 26.3. The summed E-state index contributed by atoms with van der Waals surface area (Å²) in [5.74, 6) is 0. The summed E-state index contributed by atoms with van der Waals surface area (Å²) in [6.07, 6.45) is 5.63. The van der Waals surface area contributed by atoms with Crippen molar-refractivity contribution < 1.29 is 44.4 Å². The van der Waals surface area contributed by atoms with E-state index in [0.29, 0.717) is 19.8 Å². The van der Waals surface area contributed by atoms with Gasteiger partial charge < -0.3 is 0 Å². The first kappa shape index (κ1) is 33.7. The van der Waals surface area contributed by atoms with Crippen LogP contribution in [0.15, 0.2) is 0 Å². The number of hydrogen-bond acceptors (Lipinski definition) is 7. The molecule has 9 heteroatoms. The van der Waals surface area contributed by atoms with Gasteiger partial charge in [0.2, 0.25) is 0 Å². The maximum absolute atomic E-state index is 6.79. The number of rotatable bonds is 17. The molecule has 0 heterocycles. The van der Waals surface area contributed by atoms with Gasteiger partial charge in [-0.3, -0.25) is 0 Å². The van der Waals surface area contributed by atoms with E-state index in [1.807, 2.05) is 62.3 Å². The van der Waals surface area contributed by atoms with E-state index in [0.717, 1.165) is 38.5 Å². The Hall–Kier alpha value is 0.651. The zero-order valence-electron chi connectivity index (χ0n) is 23.7. The van der Waals surface area contributed by atoms with Gasteiger partial charge in [-0.1, -0.05) is 0 Å². The van der Waals surface area contributed by atoms with Gasteiger partial charge in [-0.25, -0.2) is 0 Å². The molecule has 0 aliphatic carbocycles. The van der Waals surface area contributed by atoms with Gasteiger partial charge in [0, 0.05) is 0 Å². The van der Waals surface area contributed by atoms with E-state index in [1.165, 1.54) is 0 Å². The molecular formula is C24H54O7SiTi. The molecule has 0 spiro atoms. The van der Waals surface area contributed by atoms with E-state index in [9.17, 15) is 0 Å². The van der Waals surface area contributed by atoms with Crippen molar-refractivity contribution in [3.63, 3.8) is 0 Å². The second-order valence-corrected chi connectivity index (χ2v) is 16.9. The molecule has 0 aliphatic heterocycles. The van der Waals surface area contributed by atoms with Crippen LogP contribution in [0.5, 0.6) is 0 Å². The van der Waals surface area contributed by atoms with Crippen LogP contribution >= 0.6 is 0 Å². The van der Waals surface area contributed by atoms with Gasteiger partial charge in [0.1, 0.15) is 0 Å². The van der Waals surface area contributed by atoms with Gasteiger partial charge in [0.05, 0.1) is 0 Å². The summed E-state index contributed by atoms with van der Waals surface area (Å²) in [6.45, 7) is 25.6. The average molecular weight is 531 g/mol. The molecule has 0 aliphatic rings. The van der Waals surface area contributed by atoms with Crippen molar-refractivity contribution in [1.29, 1.82) is 0 Å². The second-order valence-electron chi connectivity index (χ2n) is 11.4. The molecule has 0 N–H and O–H groups in total. The molecule has 0 radical (unpaired) electrons. The zero-order chi connectivity index (χ0) is 25.8. The Labute approximate surface area is 211 Å². The molecule has 0 atom stereocenters. The van der Waals surface area contributed by atoms with Crippen molar-refractivity contribution in [1.82, 2.24) is 0 Å². The summed E-state index contributed by atoms with van der Waals surface area (Å²) in [5.41, 5.74) is -1.69. The molecule has 0 aromatic carbocycles. The predicted octanol–water partition coefficient (Wildman–Crippen LogP) is 7.15. The summed E-state index contributed by atoms with van der Waals surface area (Å²) in [4.78, 5) is 0. The molecule has 0 bridgehead atoms. The van der Waals surface area contributed by atoms with Crippen molar-refractivity contribution in [2.24, 2.45) is 0 Å². The minimum absolute atomic E-state index is 0.486.